The quantitative estimate of drug-likeness (QED) is 0.723. The standard InChI is InChI=1S/C13H14N2O2/c16-12-10-5-1-2-6-11(10)13(17)15(12)9-14-7-3-4-8-14/h1-2,5-6H,3-4,7-9H2/p+1. The summed E-state index contributed by atoms with van der Waals surface area (Å²) in [5.41, 5.74) is 1.10. The van der Waals surface area contributed by atoms with Crippen LogP contribution in [0.5, 0.6) is 0 Å². The molecule has 2 amide bonds. The second-order valence-corrected chi connectivity index (χ2v) is 4.70. The van der Waals surface area contributed by atoms with Crippen molar-refractivity contribution in [1.29, 1.82) is 0 Å². The van der Waals surface area contributed by atoms with Gasteiger partial charge in [0.2, 0.25) is 0 Å². The molecule has 1 aromatic carbocycles. The molecule has 1 N–H and O–H groups in total. The van der Waals surface area contributed by atoms with E-state index in [1.54, 1.807) is 24.3 Å². The molecule has 0 unspecified atom stereocenters. The first-order chi connectivity index (χ1) is 8.27. The lowest BCUT2D eigenvalue weighted by atomic mass is 10.1. The maximum Gasteiger partial charge on any atom is 0.265 e. The van der Waals surface area contributed by atoms with Crippen LogP contribution in [0, 0.1) is 0 Å². The number of nitrogens with zero attached hydrogens (tertiary/aromatic N) is 1. The summed E-state index contributed by atoms with van der Waals surface area (Å²) < 4.78 is 0. The summed E-state index contributed by atoms with van der Waals surface area (Å²) in [6, 6.07) is 7.07. The maximum absolute atomic E-state index is 12.1. The molecular formula is C13H15N2O2+. The van der Waals surface area contributed by atoms with Crippen molar-refractivity contribution >= 4 is 11.8 Å². The molecule has 0 spiro atoms. The molecule has 2 aliphatic heterocycles. The molecule has 4 nitrogen and oxygen atoms in total. The monoisotopic (exact) mass is 231 g/mol. The summed E-state index contributed by atoms with van der Waals surface area (Å²) in [6.07, 6.45) is 2.39. The largest absolute Gasteiger partial charge is 0.317 e. The molecule has 0 saturated carbocycles. The first-order valence-electron chi connectivity index (χ1n) is 6.06. The average molecular weight is 231 g/mol. The zero-order valence-electron chi connectivity index (χ0n) is 9.61. The number of hydrogen-bond donors (Lipinski definition) is 1. The summed E-state index contributed by atoms with van der Waals surface area (Å²) in [5.74, 6) is -0.269. The minimum atomic E-state index is -0.134. The lowest BCUT2D eigenvalue weighted by molar-refractivity contribution is -0.894. The maximum atomic E-state index is 12.1. The summed E-state index contributed by atoms with van der Waals surface area (Å²) >= 11 is 0. The van der Waals surface area contributed by atoms with Crippen LogP contribution in [0.3, 0.4) is 0 Å². The third-order valence-electron chi connectivity index (χ3n) is 3.57. The molecule has 17 heavy (non-hydrogen) atoms. The van der Waals surface area contributed by atoms with Gasteiger partial charge in [-0.05, 0) is 12.1 Å². The van der Waals surface area contributed by atoms with Crippen molar-refractivity contribution < 1.29 is 14.5 Å². The lowest BCUT2D eigenvalue weighted by Gasteiger charge is -2.18. The highest BCUT2D eigenvalue weighted by molar-refractivity contribution is 6.21. The van der Waals surface area contributed by atoms with Gasteiger partial charge in [-0.1, -0.05) is 12.1 Å². The number of amides is 2. The molecule has 0 aliphatic carbocycles. The predicted octanol–water partition coefficient (Wildman–Crippen LogP) is -0.0812. The molecular weight excluding hydrogens is 216 g/mol. The second-order valence-electron chi connectivity index (χ2n) is 4.70. The van der Waals surface area contributed by atoms with Gasteiger partial charge in [0.15, 0.2) is 6.67 Å². The minimum absolute atomic E-state index is 0.134. The number of carbonyl (C=O) groups is 2. The van der Waals surface area contributed by atoms with Crippen LogP contribution in [0.2, 0.25) is 0 Å². The van der Waals surface area contributed by atoms with Crippen molar-refractivity contribution in [3.05, 3.63) is 35.4 Å². The van der Waals surface area contributed by atoms with Gasteiger partial charge in [0.25, 0.3) is 11.8 Å². The van der Waals surface area contributed by atoms with Crippen molar-refractivity contribution in [2.24, 2.45) is 0 Å². The fraction of sp³-hybridized carbons (Fsp3) is 0.385. The van der Waals surface area contributed by atoms with Crippen LogP contribution in [-0.4, -0.2) is 36.5 Å². The number of fused-ring (bicyclic) bond motifs is 1. The van der Waals surface area contributed by atoms with Crippen molar-refractivity contribution in [1.82, 2.24) is 4.90 Å². The van der Waals surface area contributed by atoms with Crippen LogP contribution in [0.4, 0.5) is 0 Å². The molecule has 2 aliphatic rings. The Labute approximate surface area is 99.8 Å². The summed E-state index contributed by atoms with van der Waals surface area (Å²) in [5, 5.41) is 0. The number of rotatable bonds is 2. The van der Waals surface area contributed by atoms with Gasteiger partial charge in [0, 0.05) is 12.8 Å². The Kier molecular flexibility index (Phi) is 2.44. The zero-order valence-corrected chi connectivity index (χ0v) is 9.61. The van der Waals surface area contributed by atoms with Gasteiger partial charge < -0.3 is 4.90 Å². The van der Waals surface area contributed by atoms with E-state index in [4.69, 9.17) is 0 Å². The van der Waals surface area contributed by atoms with Crippen molar-refractivity contribution in [2.75, 3.05) is 19.8 Å². The Hall–Kier alpha value is -1.68. The molecule has 2 heterocycles. The van der Waals surface area contributed by atoms with Gasteiger partial charge >= 0.3 is 0 Å². The Morgan fingerprint density at radius 2 is 1.53 bits per heavy atom. The van der Waals surface area contributed by atoms with Crippen LogP contribution in [0.25, 0.3) is 0 Å². The van der Waals surface area contributed by atoms with Gasteiger partial charge in [0.05, 0.1) is 24.2 Å². The van der Waals surface area contributed by atoms with Crippen molar-refractivity contribution in [2.45, 2.75) is 12.8 Å². The van der Waals surface area contributed by atoms with E-state index in [0.717, 1.165) is 13.1 Å². The molecule has 88 valence electrons. The number of imide groups is 1. The van der Waals surface area contributed by atoms with Crippen LogP contribution in [0.15, 0.2) is 24.3 Å². The molecule has 3 rings (SSSR count). The van der Waals surface area contributed by atoms with Crippen LogP contribution < -0.4 is 4.90 Å². The summed E-state index contributed by atoms with van der Waals surface area (Å²) in [4.78, 5) is 26.9. The normalized spacial score (nSPS) is 20.1. The van der Waals surface area contributed by atoms with Gasteiger partial charge in [-0.2, -0.15) is 0 Å². The van der Waals surface area contributed by atoms with Crippen LogP contribution >= 0.6 is 0 Å². The fourth-order valence-corrected chi connectivity index (χ4v) is 2.64. The third kappa shape index (κ3) is 1.65. The van der Waals surface area contributed by atoms with E-state index in [1.807, 2.05) is 0 Å². The molecule has 1 saturated heterocycles. The molecule has 0 radical (unpaired) electrons. The van der Waals surface area contributed by atoms with E-state index in [9.17, 15) is 9.59 Å². The number of nitrogens with one attached hydrogen (secondary N) is 1. The summed E-state index contributed by atoms with van der Waals surface area (Å²) in [7, 11) is 0. The third-order valence-corrected chi connectivity index (χ3v) is 3.57. The minimum Gasteiger partial charge on any atom is -0.317 e. The van der Waals surface area contributed by atoms with Crippen molar-refractivity contribution in [3.63, 3.8) is 0 Å². The Morgan fingerprint density at radius 1 is 1.00 bits per heavy atom. The highest BCUT2D eigenvalue weighted by Gasteiger charge is 2.37. The Balaban J connectivity index is 1.84. The molecule has 1 fully saturated rings. The SMILES string of the molecule is O=C1c2ccccc2C(=O)N1C[NH+]1CCCC1. The highest BCUT2D eigenvalue weighted by Crippen LogP contribution is 2.21. The van der Waals surface area contributed by atoms with E-state index in [0.29, 0.717) is 17.8 Å². The topological polar surface area (TPSA) is 41.8 Å². The zero-order chi connectivity index (χ0) is 11.8. The van der Waals surface area contributed by atoms with Gasteiger partial charge in [0.1, 0.15) is 0 Å². The molecule has 0 aromatic heterocycles. The first kappa shape index (κ1) is 10.5. The number of likely N-dealkylation sites (tertiary alicyclic amines) is 1. The average Bonchev–Trinajstić information content (AvgIpc) is 2.94. The second kappa shape index (κ2) is 3.96. The van der Waals surface area contributed by atoms with E-state index >= 15 is 0 Å². The first-order valence-corrected chi connectivity index (χ1v) is 6.06. The number of hydrogen-bond acceptors (Lipinski definition) is 2. The molecule has 1 aromatic rings. The highest BCUT2D eigenvalue weighted by atomic mass is 16.2. The number of carbonyl (C=O) groups excluding carboxylic acids is 2. The van der Waals surface area contributed by atoms with Gasteiger partial charge in [-0.3, -0.25) is 9.59 Å². The fourth-order valence-electron chi connectivity index (χ4n) is 2.64. The van der Waals surface area contributed by atoms with Crippen molar-refractivity contribution in [3.8, 4) is 0 Å². The Bertz CT molecular complexity index is 443. The van der Waals surface area contributed by atoms with E-state index < -0.39 is 0 Å². The smallest absolute Gasteiger partial charge is 0.265 e. The van der Waals surface area contributed by atoms with Gasteiger partial charge in [-0.25, -0.2) is 4.90 Å². The number of benzene rings is 1. The summed E-state index contributed by atoms with van der Waals surface area (Å²) in [6.45, 7) is 2.65. The van der Waals surface area contributed by atoms with Crippen LogP contribution in [0.1, 0.15) is 33.6 Å². The predicted molar refractivity (Wildman–Crippen MR) is 61.7 cm³/mol. The van der Waals surface area contributed by atoms with E-state index in [-0.39, 0.29) is 11.8 Å². The molecule has 0 bridgehead atoms. The Morgan fingerprint density at radius 3 is 2.06 bits per heavy atom. The van der Waals surface area contributed by atoms with Crippen LogP contribution in [-0.2, 0) is 0 Å². The van der Waals surface area contributed by atoms with E-state index in [2.05, 4.69) is 0 Å². The number of quaternary nitrogens is 1. The van der Waals surface area contributed by atoms with Gasteiger partial charge in [-0.15, -0.1) is 0 Å². The lowest BCUT2D eigenvalue weighted by Crippen LogP contribution is -3.11. The molecule has 0 atom stereocenters. The van der Waals surface area contributed by atoms with E-state index in [1.165, 1.54) is 22.6 Å². The molecule has 4 heteroatoms.